The zero-order valence-electron chi connectivity index (χ0n) is 19.5. The molecule has 9 N–H and O–H groups in total. The lowest BCUT2D eigenvalue weighted by atomic mass is 10.0. The third-order valence-electron chi connectivity index (χ3n) is 4.79. The summed E-state index contributed by atoms with van der Waals surface area (Å²) in [4.78, 5) is 71.3. The van der Waals surface area contributed by atoms with Crippen molar-refractivity contribution >= 4 is 47.3 Å². The first-order valence-electron chi connectivity index (χ1n) is 10.7. The van der Waals surface area contributed by atoms with Gasteiger partial charge in [-0.2, -0.15) is 11.8 Å². The highest BCUT2D eigenvalue weighted by molar-refractivity contribution is 7.98. The molecule has 0 aromatic heterocycles. The number of carboxylic acids is 2. The third kappa shape index (κ3) is 12.4. The summed E-state index contributed by atoms with van der Waals surface area (Å²) in [5.41, 5.74) is 10.8. The van der Waals surface area contributed by atoms with Crippen molar-refractivity contribution in [3.8, 4) is 0 Å². The van der Waals surface area contributed by atoms with Crippen molar-refractivity contribution in [2.45, 2.75) is 70.1 Å². The summed E-state index contributed by atoms with van der Waals surface area (Å²) in [5.74, 6) is -5.36. The molecule has 0 spiro atoms. The van der Waals surface area contributed by atoms with Gasteiger partial charge in [-0.25, -0.2) is 4.79 Å². The largest absolute Gasteiger partial charge is 0.481 e. The zero-order valence-corrected chi connectivity index (χ0v) is 20.4. The van der Waals surface area contributed by atoms with Gasteiger partial charge in [0.25, 0.3) is 0 Å². The lowest BCUT2D eigenvalue weighted by Crippen LogP contribution is -2.58. The van der Waals surface area contributed by atoms with Crippen LogP contribution in [0.4, 0.5) is 0 Å². The van der Waals surface area contributed by atoms with Crippen LogP contribution >= 0.6 is 11.8 Å². The second-order valence-corrected chi connectivity index (χ2v) is 9.00. The lowest BCUT2D eigenvalue weighted by molar-refractivity contribution is -0.142. The van der Waals surface area contributed by atoms with E-state index >= 15 is 0 Å². The molecule has 34 heavy (non-hydrogen) atoms. The van der Waals surface area contributed by atoms with Crippen LogP contribution in [-0.4, -0.2) is 82.0 Å². The molecule has 14 heteroatoms. The van der Waals surface area contributed by atoms with Crippen LogP contribution in [0.2, 0.25) is 0 Å². The highest BCUT2D eigenvalue weighted by Crippen LogP contribution is 2.08. The molecule has 0 radical (unpaired) electrons. The summed E-state index contributed by atoms with van der Waals surface area (Å²) in [6.07, 6.45) is 1.04. The van der Waals surface area contributed by atoms with E-state index in [1.54, 1.807) is 20.1 Å². The molecule has 0 bridgehead atoms. The van der Waals surface area contributed by atoms with Gasteiger partial charge in [0.1, 0.15) is 18.1 Å². The van der Waals surface area contributed by atoms with Crippen molar-refractivity contribution < 1.29 is 39.0 Å². The maximum Gasteiger partial charge on any atom is 0.326 e. The van der Waals surface area contributed by atoms with Crippen LogP contribution in [0, 0.1) is 5.92 Å². The summed E-state index contributed by atoms with van der Waals surface area (Å²) in [6, 6.07) is -4.76. The molecule has 4 atom stereocenters. The molecule has 194 valence electrons. The minimum atomic E-state index is -1.28. The number of rotatable bonds is 17. The van der Waals surface area contributed by atoms with Crippen molar-refractivity contribution in [2.75, 3.05) is 12.0 Å². The van der Waals surface area contributed by atoms with Gasteiger partial charge in [0.05, 0.1) is 6.04 Å². The molecule has 0 aliphatic rings. The van der Waals surface area contributed by atoms with E-state index in [4.69, 9.17) is 16.6 Å². The number of thioether (sulfide) groups is 1. The Morgan fingerprint density at radius 2 is 1.41 bits per heavy atom. The van der Waals surface area contributed by atoms with E-state index in [0.29, 0.717) is 5.75 Å². The number of hydrogen-bond acceptors (Lipinski definition) is 8. The van der Waals surface area contributed by atoms with Crippen molar-refractivity contribution in [2.24, 2.45) is 17.4 Å². The van der Waals surface area contributed by atoms with E-state index in [-0.39, 0.29) is 32.1 Å². The number of carbonyl (C=O) groups excluding carboxylic acids is 4. The molecule has 0 aromatic carbocycles. The molecule has 0 aliphatic carbocycles. The number of nitrogens with one attached hydrogen (secondary N) is 3. The molecule has 0 saturated carbocycles. The van der Waals surface area contributed by atoms with E-state index in [2.05, 4.69) is 16.0 Å². The van der Waals surface area contributed by atoms with Crippen molar-refractivity contribution in [1.29, 1.82) is 0 Å². The number of carboxylic acid groups (broad SMARTS) is 2. The fourth-order valence-electron chi connectivity index (χ4n) is 2.79. The second kappa shape index (κ2) is 15.9. The van der Waals surface area contributed by atoms with Crippen molar-refractivity contribution in [1.82, 2.24) is 16.0 Å². The van der Waals surface area contributed by atoms with Gasteiger partial charge >= 0.3 is 11.9 Å². The summed E-state index contributed by atoms with van der Waals surface area (Å²) in [7, 11) is 0. The normalized spacial score (nSPS) is 14.4. The monoisotopic (exact) mass is 505 g/mol. The third-order valence-corrected chi connectivity index (χ3v) is 5.43. The SMILES string of the molecule is CSCCC(NC(=O)C(CCC(N)=O)NC(=O)C(NC(=O)C(N)CCC(=O)O)C(C)C)C(=O)O. The highest BCUT2D eigenvalue weighted by atomic mass is 32.2. The highest BCUT2D eigenvalue weighted by Gasteiger charge is 2.31. The topological polar surface area (TPSA) is 231 Å². The number of carbonyl (C=O) groups is 6. The number of hydrogen-bond donors (Lipinski definition) is 7. The number of primary amides is 1. The fourth-order valence-corrected chi connectivity index (χ4v) is 3.26. The lowest BCUT2D eigenvalue weighted by Gasteiger charge is -2.27. The summed E-state index contributed by atoms with van der Waals surface area (Å²) in [6.45, 7) is 3.27. The average molecular weight is 506 g/mol. The Labute approximate surface area is 202 Å². The van der Waals surface area contributed by atoms with Gasteiger partial charge in [0.15, 0.2) is 0 Å². The van der Waals surface area contributed by atoms with Crippen LogP contribution in [0.25, 0.3) is 0 Å². The van der Waals surface area contributed by atoms with Crippen molar-refractivity contribution in [3.63, 3.8) is 0 Å². The molecule has 0 aromatic rings. The Morgan fingerprint density at radius 1 is 0.824 bits per heavy atom. The van der Waals surface area contributed by atoms with Gasteiger partial charge < -0.3 is 37.6 Å². The van der Waals surface area contributed by atoms with Gasteiger partial charge in [-0.3, -0.25) is 24.0 Å². The molecule has 0 fully saturated rings. The van der Waals surface area contributed by atoms with Crippen LogP contribution in [0.1, 0.15) is 46.0 Å². The molecular weight excluding hydrogens is 470 g/mol. The second-order valence-electron chi connectivity index (χ2n) is 8.02. The first kappa shape index (κ1) is 31.1. The van der Waals surface area contributed by atoms with Crippen LogP contribution in [0.3, 0.4) is 0 Å². The Balaban J connectivity index is 5.43. The summed E-state index contributed by atoms with van der Waals surface area (Å²) >= 11 is 1.40. The van der Waals surface area contributed by atoms with Gasteiger partial charge in [-0.1, -0.05) is 13.8 Å². The molecule has 0 aliphatic heterocycles. The van der Waals surface area contributed by atoms with Gasteiger partial charge in [-0.15, -0.1) is 0 Å². The summed E-state index contributed by atoms with van der Waals surface area (Å²) < 4.78 is 0. The van der Waals surface area contributed by atoms with E-state index < -0.39 is 65.7 Å². The van der Waals surface area contributed by atoms with E-state index in [1.807, 2.05) is 0 Å². The van der Waals surface area contributed by atoms with Crippen molar-refractivity contribution in [3.05, 3.63) is 0 Å². The number of aliphatic carboxylic acids is 2. The standard InChI is InChI=1S/C20H35N5O8S/c1-10(2)16(25-17(29)11(21)4-7-15(27)28)19(31)23-12(5-6-14(22)26)18(30)24-13(20(32)33)8-9-34-3/h10-13,16H,4-9,21H2,1-3H3,(H2,22,26)(H,23,31)(H,24,30)(H,25,29)(H,27,28)(H,32,33). The van der Waals surface area contributed by atoms with E-state index in [9.17, 15) is 33.9 Å². The van der Waals surface area contributed by atoms with Gasteiger partial charge in [0, 0.05) is 12.8 Å². The predicted octanol–water partition coefficient (Wildman–Crippen LogP) is -1.61. The van der Waals surface area contributed by atoms with E-state index in [0.717, 1.165) is 0 Å². The zero-order chi connectivity index (χ0) is 26.4. The van der Waals surface area contributed by atoms with E-state index in [1.165, 1.54) is 11.8 Å². The molecule has 4 amide bonds. The number of amides is 4. The first-order valence-corrected chi connectivity index (χ1v) is 12.1. The molecule has 0 rings (SSSR count). The maximum atomic E-state index is 12.9. The molecule has 4 unspecified atom stereocenters. The maximum absolute atomic E-state index is 12.9. The molecular formula is C20H35N5O8S. The molecule has 0 saturated heterocycles. The number of nitrogens with two attached hydrogens (primary N) is 2. The minimum absolute atomic E-state index is 0.135. The van der Waals surface area contributed by atoms with Crippen LogP contribution in [0.15, 0.2) is 0 Å². The minimum Gasteiger partial charge on any atom is -0.481 e. The van der Waals surface area contributed by atoms with Gasteiger partial charge in [0.2, 0.25) is 23.6 Å². The smallest absolute Gasteiger partial charge is 0.326 e. The Hall–Kier alpha value is -2.87. The quantitative estimate of drug-likeness (QED) is 0.119. The molecule has 0 heterocycles. The average Bonchev–Trinajstić information content (AvgIpc) is 2.74. The fraction of sp³-hybridized carbons (Fsp3) is 0.700. The Kier molecular flexibility index (Phi) is 14.5. The Morgan fingerprint density at radius 3 is 1.88 bits per heavy atom. The first-order chi connectivity index (χ1) is 15.8. The van der Waals surface area contributed by atoms with Crippen LogP contribution in [0.5, 0.6) is 0 Å². The predicted molar refractivity (Wildman–Crippen MR) is 125 cm³/mol. The summed E-state index contributed by atoms with van der Waals surface area (Å²) in [5, 5.41) is 25.3. The molecule has 13 nitrogen and oxygen atoms in total. The van der Waals surface area contributed by atoms with Crippen LogP contribution < -0.4 is 27.4 Å². The Bertz CT molecular complexity index is 748. The van der Waals surface area contributed by atoms with Gasteiger partial charge in [-0.05, 0) is 37.2 Å². The van der Waals surface area contributed by atoms with Crippen LogP contribution in [-0.2, 0) is 28.8 Å².